The molecule has 13 heavy (non-hydrogen) atoms. The fraction of sp³-hybridized carbons (Fsp3) is 0.500. The van der Waals surface area contributed by atoms with E-state index in [-0.39, 0.29) is 10.2 Å². The molecule has 1 N–H and O–H groups in total. The lowest BCUT2D eigenvalue weighted by Gasteiger charge is -2.01. The summed E-state index contributed by atoms with van der Waals surface area (Å²) in [5.74, 6) is 0. The molecule has 0 aliphatic carbocycles. The summed E-state index contributed by atoms with van der Waals surface area (Å²) in [6.07, 6.45) is -4.50. The second kappa shape index (κ2) is 3.30. The van der Waals surface area contributed by atoms with Gasteiger partial charge in [0.2, 0.25) is 0 Å². The zero-order valence-corrected chi connectivity index (χ0v) is 8.15. The normalized spacial score (nSPS) is 12.2. The van der Waals surface area contributed by atoms with Gasteiger partial charge in [-0.1, -0.05) is 0 Å². The smallest absolute Gasteiger partial charge is 0.390 e. The SMILES string of the molecule is Cn1nc(C(F)(F)F)c(Br)c1CO. The van der Waals surface area contributed by atoms with Gasteiger partial charge in [0.15, 0.2) is 5.69 Å². The van der Waals surface area contributed by atoms with E-state index in [9.17, 15) is 13.2 Å². The van der Waals surface area contributed by atoms with Crippen molar-refractivity contribution in [1.29, 1.82) is 0 Å². The minimum atomic E-state index is -4.50. The molecular formula is C6H6BrF3N2O. The zero-order chi connectivity index (χ0) is 10.2. The first kappa shape index (κ1) is 10.5. The number of hydrogen-bond donors (Lipinski definition) is 1. The van der Waals surface area contributed by atoms with Crippen LogP contribution < -0.4 is 0 Å². The zero-order valence-electron chi connectivity index (χ0n) is 6.56. The number of aliphatic hydroxyl groups excluding tert-OH is 1. The molecule has 7 heteroatoms. The number of rotatable bonds is 1. The van der Waals surface area contributed by atoms with Crippen molar-refractivity contribution in [3.63, 3.8) is 0 Å². The Bertz CT molecular complexity index is 320. The van der Waals surface area contributed by atoms with Crippen molar-refractivity contribution < 1.29 is 18.3 Å². The van der Waals surface area contributed by atoms with Crippen LogP contribution in [0.2, 0.25) is 0 Å². The van der Waals surface area contributed by atoms with Crippen LogP contribution in [0.3, 0.4) is 0 Å². The summed E-state index contributed by atoms with van der Waals surface area (Å²) in [6.45, 7) is -0.486. The maximum Gasteiger partial charge on any atom is 0.436 e. The standard InChI is InChI=1S/C6H6BrF3N2O/c1-12-3(2-13)4(7)5(11-12)6(8,9)10/h13H,2H2,1H3. The van der Waals surface area contributed by atoms with Gasteiger partial charge in [0.25, 0.3) is 0 Å². The largest absolute Gasteiger partial charge is 0.436 e. The molecule has 0 saturated heterocycles. The van der Waals surface area contributed by atoms with Crippen molar-refractivity contribution in [1.82, 2.24) is 9.78 Å². The van der Waals surface area contributed by atoms with Gasteiger partial charge in [-0.15, -0.1) is 0 Å². The van der Waals surface area contributed by atoms with Crippen LogP contribution >= 0.6 is 15.9 Å². The molecule has 0 fully saturated rings. The van der Waals surface area contributed by atoms with E-state index in [0.29, 0.717) is 0 Å². The number of halogens is 4. The highest BCUT2D eigenvalue weighted by atomic mass is 79.9. The maximum absolute atomic E-state index is 12.2. The van der Waals surface area contributed by atoms with Crippen molar-refractivity contribution in [2.75, 3.05) is 0 Å². The number of aryl methyl sites for hydroxylation is 1. The first-order chi connectivity index (χ1) is 5.88. The molecule has 1 rings (SSSR count). The van der Waals surface area contributed by atoms with Crippen LogP contribution in [0.15, 0.2) is 4.47 Å². The predicted octanol–water partition coefficient (Wildman–Crippen LogP) is 1.69. The van der Waals surface area contributed by atoms with Crippen molar-refractivity contribution in [2.24, 2.45) is 7.05 Å². The lowest BCUT2D eigenvalue weighted by atomic mass is 10.3. The Morgan fingerprint density at radius 1 is 1.54 bits per heavy atom. The summed E-state index contributed by atoms with van der Waals surface area (Å²) in [4.78, 5) is 0. The van der Waals surface area contributed by atoms with Gasteiger partial charge in [-0.25, -0.2) is 0 Å². The van der Waals surface area contributed by atoms with Gasteiger partial charge in [0.1, 0.15) is 0 Å². The van der Waals surface area contributed by atoms with Gasteiger partial charge >= 0.3 is 6.18 Å². The highest BCUT2D eigenvalue weighted by Crippen LogP contribution is 2.35. The lowest BCUT2D eigenvalue weighted by molar-refractivity contribution is -0.142. The van der Waals surface area contributed by atoms with Crippen LogP contribution in [0, 0.1) is 0 Å². The van der Waals surface area contributed by atoms with Crippen molar-refractivity contribution in [3.05, 3.63) is 15.9 Å². The molecule has 1 aromatic heterocycles. The Morgan fingerprint density at radius 3 is 2.31 bits per heavy atom. The van der Waals surface area contributed by atoms with Crippen LogP contribution in [-0.4, -0.2) is 14.9 Å². The Kier molecular flexibility index (Phi) is 2.67. The number of alkyl halides is 3. The first-order valence-electron chi connectivity index (χ1n) is 3.27. The number of hydrogen-bond acceptors (Lipinski definition) is 2. The van der Waals surface area contributed by atoms with Crippen LogP contribution in [-0.2, 0) is 19.8 Å². The second-order valence-corrected chi connectivity index (χ2v) is 3.18. The molecule has 74 valence electrons. The predicted molar refractivity (Wildman–Crippen MR) is 41.8 cm³/mol. The second-order valence-electron chi connectivity index (χ2n) is 2.39. The highest BCUT2D eigenvalue weighted by Gasteiger charge is 2.37. The molecule has 0 unspecified atom stereocenters. The van der Waals surface area contributed by atoms with Gasteiger partial charge in [-0.3, -0.25) is 4.68 Å². The van der Waals surface area contributed by atoms with Crippen LogP contribution in [0.25, 0.3) is 0 Å². The highest BCUT2D eigenvalue weighted by molar-refractivity contribution is 9.10. The molecule has 0 aromatic carbocycles. The van der Waals surface area contributed by atoms with E-state index in [0.717, 1.165) is 4.68 Å². The minimum Gasteiger partial charge on any atom is -0.390 e. The van der Waals surface area contributed by atoms with E-state index >= 15 is 0 Å². The molecule has 3 nitrogen and oxygen atoms in total. The van der Waals surface area contributed by atoms with Crippen LogP contribution in [0.4, 0.5) is 13.2 Å². The van der Waals surface area contributed by atoms with Gasteiger partial charge in [0.05, 0.1) is 16.8 Å². The lowest BCUT2D eigenvalue weighted by Crippen LogP contribution is -2.07. The molecule has 0 aliphatic rings. The third kappa shape index (κ3) is 1.86. The van der Waals surface area contributed by atoms with E-state index in [1.807, 2.05) is 0 Å². The van der Waals surface area contributed by atoms with Gasteiger partial charge < -0.3 is 5.11 Å². The van der Waals surface area contributed by atoms with Crippen molar-refractivity contribution in [3.8, 4) is 0 Å². The molecule has 0 spiro atoms. The molecule has 0 amide bonds. The summed E-state index contributed by atoms with van der Waals surface area (Å²) in [5, 5.41) is 12.0. The molecule has 0 radical (unpaired) electrons. The molecule has 0 aliphatic heterocycles. The number of aliphatic hydroxyl groups is 1. The molecule has 1 aromatic rings. The van der Waals surface area contributed by atoms with E-state index in [1.165, 1.54) is 7.05 Å². The average Bonchev–Trinajstić information content (AvgIpc) is 2.25. The number of nitrogens with zero attached hydrogens (tertiary/aromatic N) is 2. The topological polar surface area (TPSA) is 38.0 Å². The fourth-order valence-electron chi connectivity index (χ4n) is 0.886. The fourth-order valence-corrected chi connectivity index (χ4v) is 1.57. The van der Waals surface area contributed by atoms with E-state index in [2.05, 4.69) is 21.0 Å². The summed E-state index contributed by atoms with van der Waals surface area (Å²) < 4.78 is 37.4. The van der Waals surface area contributed by atoms with Gasteiger partial charge in [0, 0.05) is 7.05 Å². The van der Waals surface area contributed by atoms with Crippen LogP contribution in [0.5, 0.6) is 0 Å². The third-order valence-electron chi connectivity index (χ3n) is 1.52. The van der Waals surface area contributed by atoms with E-state index < -0.39 is 18.5 Å². The monoisotopic (exact) mass is 258 g/mol. The molecular weight excluding hydrogens is 253 g/mol. The molecule has 0 bridgehead atoms. The Hall–Kier alpha value is -0.560. The van der Waals surface area contributed by atoms with Gasteiger partial charge in [-0.05, 0) is 15.9 Å². The first-order valence-corrected chi connectivity index (χ1v) is 4.06. The quantitative estimate of drug-likeness (QED) is 0.833. The summed E-state index contributed by atoms with van der Waals surface area (Å²) in [6, 6.07) is 0. The molecule has 0 saturated carbocycles. The molecule has 1 heterocycles. The minimum absolute atomic E-state index is 0.104. The van der Waals surface area contributed by atoms with Crippen LogP contribution in [0.1, 0.15) is 11.4 Å². The summed E-state index contributed by atoms with van der Waals surface area (Å²) in [5.41, 5.74) is -0.911. The maximum atomic E-state index is 12.2. The Morgan fingerprint density at radius 2 is 2.08 bits per heavy atom. The van der Waals surface area contributed by atoms with E-state index in [1.54, 1.807) is 0 Å². The molecule has 0 atom stereocenters. The van der Waals surface area contributed by atoms with E-state index in [4.69, 9.17) is 5.11 Å². The van der Waals surface area contributed by atoms with Crippen molar-refractivity contribution in [2.45, 2.75) is 12.8 Å². The third-order valence-corrected chi connectivity index (χ3v) is 2.35. The Labute approximate surface area is 80.3 Å². The van der Waals surface area contributed by atoms with Crippen molar-refractivity contribution >= 4 is 15.9 Å². The summed E-state index contributed by atoms with van der Waals surface area (Å²) in [7, 11) is 1.34. The number of aromatic nitrogens is 2. The Balaban J connectivity index is 3.26. The summed E-state index contributed by atoms with van der Waals surface area (Å²) >= 11 is 2.73. The van der Waals surface area contributed by atoms with Gasteiger partial charge in [-0.2, -0.15) is 18.3 Å². The average molecular weight is 259 g/mol.